The fraction of sp³-hybridized carbons (Fsp3) is 0.568. The smallest absolute Gasteiger partial charge is 0.253 e. The van der Waals surface area contributed by atoms with Crippen LogP contribution in [0.1, 0.15) is 81.6 Å². The highest BCUT2D eigenvalue weighted by atomic mass is 16.7. The first-order valence-corrected chi connectivity index (χ1v) is 16.9. The van der Waals surface area contributed by atoms with E-state index in [0.717, 1.165) is 31.2 Å². The van der Waals surface area contributed by atoms with Crippen LogP contribution in [0.3, 0.4) is 0 Å². The Balaban J connectivity index is 1.36. The average Bonchev–Trinajstić information content (AvgIpc) is 3.58. The van der Waals surface area contributed by atoms with E-state index in [4.69, 9.17) is 9.57 Å². The molecule has 2 unspecified atom stereocenters. The average molecular weight is 649 g/mol. The first kappa shape index (κ1) is 35.9. The molecule has 10 heteroatoms. The third-order valence-corrected chi connectivity index (χ3v) is 9.18. The molecular weight excluding hydrogens is 596 g/mol. The number of benzene rings is 2. The number of carbonyl (C=O) groups excluding carboxylic acids is 4. The fourth-order valence-electron chi connectivity index (χ4n) is 6.40. The first-order valence-electron chi connectivity index (χ1n) is 16.9. The molecule has 1 aliphatic carbocycles. The van der Waals surface area contributed by atoms with Crippen LogP contribution in [0.15, 0.2) is 54.6 Å². The van der Waals surface area contributed by atoms with Gasteiger partial charge in [0.1, 0.15) is 24.5 Å². The normalized spacial score (nSPS) is 17.1. The van der Waals surface area contributed by atoms with Gasteiger partial charge in [-0.3, -0.25) is 24.0 Å². The van der Waals surface area contributed by atoms with Gasteiger partial charge in [-0.25, -0.2) is 5.06 Å². The summed E-state index contributed by atoms with van der Waals surface area (Å²) in [5.74, 6) is 0.190. The third kappa shape index (κ3) is 10.5. The predicted octanol–water partition coefficient (Wildman–Crippen LogP) is 5.08. The van der Waals surface area contributed by atoms with Crippen molar-refractivity contribution in [2.75, 3.05) is 33.7 Å². The van der Waals surface area contributed by atoms with E-state index in [1.54, 1.807) is 38.4 Å². The summed E-state index contributed by atoms with van der Waals surface area (Å²) in [7, 11) is 3.44. The molecule has 47 heavy (non-hydrogen) atoms. The van der Waals surface area contributed by atoms with Crippen LogP contribution in [0.5, 0.6) is 5.75 Å². The van der Waals surface area contributed by atoms with Crippen molar-refractivity contribution in [2.45, 2.75) is 84.5 Å². The number of likely N-dealkylation sites (tertiary alicyclic amines) is 1. The zero-order chi connectivity index (χ0) is 34.0. The van der Waals surface area contributed by atoms with E-state index in [-0.39, 0.29) is 37.0 Å². The third-order valence-electron chi connectivity index (χ3n) is 9.18. The van der Waals surface area contributed by atoms with E-state index in [1.807, 2.05) is 56.0 Å². The largest absolute Gasteiger partial charge is 0.490 e. The van der Waals surface area contributed by atoms with Crippen molar-refractivity contribution in [3.05, 3.63) is 65.7 Å². The summed E-state index contributed by atoms with van der Waals surface area (Å²) in [6, 6.07) is 16.0. The van der Waals surface area contributed by atoms with Crippen LogP contribution in [0.25, 0.3) is 0 Å². The number of piperidine rings is 1. The molecule has 10 nitrogen and oxygen atoms in total. The summed E-state index contributed by atoms with van der Waals surface area (Å²) in [6.45, 7) is 7.26. The zero-order valence-electron chi connectivity index (χ0n) is 28.7. The summed E-state index contributed by atoms with van der Waals surface area (Å²) in [4.78, 5) is 61.2. The number of hydrogen-bond acceptors (Lipinski definition) is 6. The Morgan fingerprint density at radius 3 is 2.17 bits per heavy atom. The van der Waals surface area contributed by atoms with Gasteiger partial charge in [0.2, 0.25) is 18.2 Å². The van der Waals surface area contributed by atoms with Gasteiger partial charge in [0.05, 0.1) is 12.5 Å². The number of rotatable bonds is 14. The maximum atomic E-state index is 13.9. The van der Waals surface area contributed by atoms with Crippen molar-refractivity contribution >= 4 is 24.1 Å². The molecule has 2 aromatic rings. The quantitative estimate of drug-likeness (QED) is 0.226. The Labute approximate surface area is 279 Å². The van der Waals surface area contributed by atoms with Crippen molar-refractivity contribution in [3.8, 4) is 5.75 Å². The first-order chi connectivity index (χ1) is 22.4. The van der Waals surface area contributed by atoms with Crippen molar-refractivity contribution in [2.24, 2.45) is 17.3 Å². The predicted molar refractivity (Wildman–Crippen MR) is 180 cm³/mol. The topological polar surface area (TPSA) is 108 Å². The minimum atomic E-state index is -0.727. The van der Waals surface area contributed by atoms with E-state index in [0.29, 0.717) is 56.0 Å². The Hall–Kier alpha value is -3.92. The van der Waals surface area contributed by atoms with Crippen LogP contribution in [0.4, 0.5) is 0 Å². The van der Waals surface area contributed by atoms with Gasteiger partial charge < -0.3 is 19.9 Å². The lowest BCUT2D eigenvalue weighted by Gasteiger charge is -2.39. The molecule has 0 bridgehead atoms. The van der Waals surface area contributed by atoms with E-state index >= 15 is 0 Å². The number of nitrogens with one attached hydrogen (secondary N) is 1. The van der Waals surface area contributed by atoms with Crippen molar-refractivity contribution in [1.82, 2.24) is 20.2 Å². The molecule has 1 aliphatic heterocycles. The Kier molecular flexibility index (Phi) is 12.8. The Bertz CT molecular complexity index is 1310. The highest BCUT2D eigenvalue weighted by molar-refractivity contribution is 5.94. The van der Waals surface area contributed by atoms with Gasteiger partial charge in [-0.15, -0.1) is 0 Å². The van der Waals surface area contributed by atoms with Gasteiger partial charge in [0.15, 0.2) is 0 Å². The Morgan fingerprint density at radius 2 is 1.60 bits per heavy atom. The molecule has 2 aliphatic rings. The van der Waals surface area contributed by atoms with Gasteiger partial charge in [0, 0.05) is 45.6 Å². The molecule has 1 N–H and O–H groups in total. The molecule has 0 radical (unpaired) electrons. The number of nitrogens with zero attached hydrogens (tertiary/aromatic N) is 3. The zero-order valence-corrected chi connectivity index (χ0v) is 28.7. The summed E-state index contributed by atoms with van der Waals surface area (Å²) >= 11 is 0. The van der Waals surface area contributed by atoms with Crippen molar-refractivity contribution in [1.29, 1.82) is 0 Å². The van der Waals surface area contributed by atoms with E-state index in [9.17, 15) is 19.2 Å². The van der Waals surface area contributed by atoms with Gasteiger partial charge >= 0.3 is 0 Å². The van der Waals surface area contributed by atoms with Crippen LogP contribution in [0.2, 0.25) is 0 Å². The second-order valence-electron chi connectivity index (χ2n) is 14.2. The van der Waals surface area contributed by atoms with Crippen LogP contribution in [0, 0.1) is 17.3 Å². The van der Waals surface area contributed by atoms with Crippen LogP contribution < -0.4 is 10.1 Å². The summed E-state index contributed by atoms with van der Waals surface area (Å²) in [5.41, 5.74) is 0.998. The highest BCUT2D eigenvalue weighted by Crippen LogP contribution is 2.32. The molecule has 0 spiro atoms. The van der Waals surface area contributed by atoms with Gasteiger partial charge in [0.25, 0.3) is 5.91 Å². The molecule has 1 saturated carbocycles. The van der Waals surface area contributed by atoms with Gasteiger partial charge in [-0.2, -0.15) is 0 Å². The number of ether oxygens (including phenoxy) is 1. The summed E-state index contributed by atoms with van der Waals surface area (Å²) < 4.78 is 6.18. The molecule has 4 rings (SSSR count). The minimum absolute atomic E-state index is 0.0573. The molecule has 4 amide bonds. The molecule has 1 saturated heterocycles. The maximum Gasteiger partial charge on any atom is 0.253 e. The summed E-state index contributed by atoms with van der Waals surface area (Å²) in [6.07, 6.45) is 6.95. The minimum Gasteiger partial charge on any atom is -0.490 e. The van der Waals surface area contributed by atoms with Crippen molar-refractivity contribution in [3.63, 3.8) is 0 Å². The lowest BCUT2D eigenvalue weighted by atomic mass is 9.84. The van der Waals surface area contributed by atoms with E-state index < -0.39 is 17.4 Å². The molecule has 0 aromatic heterocycles. The van der Waals surface area contributed by atoms with Crippen molar-refractivity contribution < 1.29 is 28.8 Å². The molecule has 2 atom stereocenters. The molecule has 1 heterocycles. The van der Waals surface area contributed by atoms with E-state index in [1.165, 1.54) is 9.96 Å². The van der Waals surface area contributed by atoms with Gasteiger partial charge in [-0.1, -0.05) is 76.8 Å². The lowest BCUT2D eigenvalue weighted by Crippen LogP contribution is -2.58. The molecule has 2 fully saturated rings. The van der Waals surface area contributed by atoms with E-state index in [2.05, 4.69) is 5.32 Å². The van der Waals surface area contributed by atoms with Crippen LogP contribution in [-0.2, 0) is 25.8 Å². The summed E-state index contributed by atoms with van der Waals surface area (Å²) in [5, 5.41) is 4.33. The molecule has 2 aromatic carbocycles. The number of hydroxylamine groups is 2. The monoisotopic (exact) mass is 648 g/mol. The standard InChI is InChI=1S/C37H52N4O6/c1-37(2,3)33(36(45)40-21-19-32(20-22-40)47-31-17-15-29(16-18-31)35(44)39(4)5)38-34(43)30(23-27-11-9-10-12-27)24-41(26-42)46-25-28-13-7-6-8-14-28/h6-8,13-18,26-27,30,32-33H,9-12,19-25H2,1-5H3,(H,38,43). The molecular formula is C37H52N4O6. The number of amides is 4. The number of hydrogen-bond donors (Lipinski definition) is 1. The number of carbonyl (C=O) groups is 4. The fourth-order valence-corrected chi connectivity index (χ4v) is 6.40. The SMILES string of the molecule is CN(C)C(=O)c1ccc(OC2CCN(C(=O)C(NC(=O)C(CC3CCCC3)CN(C=O)OCc3ccccc3)C(C)(C)C)CC2)cc1. The second kappa shape index (κ2) is 16.8. The van der Waals surface area contributed by atoms with Crippen LogP contribution >= 0.6 is 0 Å². The second-order valence-corrected chi connectivity index (χ2v) is 14.2. The van der Waals surface area contributed by atoms with Gasteiger partial charge in [-0.05, 0) is 47.6 Å². The Morgan fingerprint density at radius 1 is 0.957 bits per heavy atom. The van der Waals surface area contributed by atoms with Crippen LogP contribution in [-0.4, -0.2) is 84.9 Å². The highest BCUT2D eigenvalue weighted by Gasteiger charge is 2.39. The maximum absolute atomic E-state index is 13.9. The lowest BCUT2D eigenvalue weighted by molar-refractivity contribution is -0.182. The molecule has 256 valence electrons.